The van der Waals surface area contributed by atoms with Gasteiger partial charge in [-0.1, -0.05) is 18.3 Å². The number of rotatable bonds is 5. The van der Waals surface area contributed by atoms with Gasteiger partial charge in [0.2, 0.25) is 0 Å². The molecular weight excluding hydrogens is 242 g/mol. The molecule has 1 rings (SSSR count). The van der Waals surface area contributed by atoms with Gasteiger partial charge < -0.3 is 5.32 Å². The van der Waals surface area contributed by atoms with Crippen LogP contribution in [0.4, 0.5) is 5.00 Å². The summed E-state index contributed by atoms with van der Waals surface area (Å²) >= 11 is 0.826. The first-order valence-electron chi connectivity index (χ1n) is 5.00. The molecule has 6 nitrogen and oxygen atoms in total. The van der Waals surface area contributed by atoms with E-state index in [-0.39, 0.29) is 28.2 Å². The molecule has 1 N–H and O–H groups in total. The third kappa shape index (κ3) is 3.53. The van der Waals surface area contributed by atoms with E-state index in [9.17, 15) is 14.9 Å². The number of nitrogens with zero attached hydrogens (tertiary/aromatic N) is 2. The van der Waals surface area contributed by atoms with Crippen molar-refractivity contribution in [3.63, 3.8) is 0 Å². The number of hydrogen-bond acceptors (Lipinski definition) is 5. The number of nitrogens with one attached hydrogen (secondary N) is 1. The summed E-state index contributed by atoms with van der Waals surface area (Å²) in [6.45, 7) is 1.86. The van der Waals surface area contributed by atoms with Crippen LogP contribution in [0.5, 0.6) is 0 Å². The highest BCUT2D eigenvalue weighted by molar-refractivity contribution is 7.17. The summed E-state index contributed by atoms with van der Waals surface area (Å²) in [6.07, 6.45) is 0.877. The van der Waals surface area contributed by atoms with E-state index in [0.29, 0.717) is 6.42 Å². The van der Waals surface area contributed by atoms with Gasteiger partial charge in [0.25, 0.3) is 5.91 Å². The molecule has 0 aromatic carbocycles. The first-order valence-corrected chi connectivity index (χ1v) is 5.82. The molecule has 1 aromatic heterocycles. The number of amides is 1. The standard InChI is InChI=1S/C10H11N3O3S/c1-2-7(5-6-11)12-10(14)8-3-4-9(17-8)13(15)16/h3-4,7H,2,5H2,1H3,(H,12,14). The quantitative estimate of drug-likeness (QED) is 0.641. The normalized spacial score (nSPS) is 11.5. The van der Waals surface area contributed by atoms with Gasteiger partial charge in [-0.25, -0.2) is 0 Å². The number of hydrogen-bond donors (Lipinski definition) is 1. The smallest absolute Gasteiger partial charge is 0.324 e. The summed E-state index contributed by atoms with van der Waals surface area (Å²) in [5.74, 6) is -0.370. The number of carbonyl (C=O) groups is 1. The van der Waals surface area contributed by atoms with Crippen LogP contribution in [0.2, 0.25) is 0 Å². The van der Waals surface area contributed by atoms with E-state index in [2.05, 4.69) is 5.32 Å². The van der Waals surface area contributed by atoms with E-state index < -0.39 is 4.92 Å². The van der Waals surface area contributed by atoms with E-state index in [1.807, 2.05) is 13.0 Å². The van der Waals surface area contributed by atoms with Crippen molar-refractivity contribution in [2.24, 2.45) is 0 Å². The summed E-state index contributed by atoms with van der Waals surface area (Å²) in [5.41, 5.74) is 0. The van der Waals surface area contributed by atoms with Gasteiger partial charge in [0, 0.05) is 12.1 Å². The highest BCUT2D eigenvalue weighted by Crippen LogP contribution is 2.23. The second kappa shape index (κ2) is 5.96. The minimum absolute atomic E-state index is 0.0662. The SMILES string of the molecule is CCC(CC#N)NC(=O)c1ccc([N+](=O)[O-])s1. The van der Waals surface area contributed by atoms with Crippen LogP contribution < -0.4 is 5.32 Å². The van der Waals surface area contributed by atoms with E-state index in [1.54, 1.807) is 0 Å². The van der Waals surface area contributed by atoms with E-state index in [1.165, 1.54) is 12.1 Å². The van der Waals surface area contributed by atoms with Crippen LogP contribution in [-0.2, 0) is 0 Å². The molecule has 7 heteroatoms. The Morgan fingerprint density at radius 1 is 1.71 bits per heavy atom. The molecule has 90 valence electrons. The Kier molecular flexibility index (Phi) is 4.60. The summed E-state index contributed by atoms with van der Waals surface area (Å²) in [7, 11) is 0. The van der Waals surface area contributed by atoms with E-state index in [4.69, 9.17) is 5.26 Å². The average Bonchev–Trinajstić information content (AvgIpc) is 2.77. The topological polar surface area (TPSA) is 96.0 Å². The molecule has 0 aliphatic heterocycles. The predicted molar refractivity (Wildman–Crippen MR) is 62.7 cm³/mol. The molecule has 17 heavy (non-hydrogen) atoms. The fraction of sp³-hybridized carbons (Fsp3) is 0.400. The van der Waals surface area contributed by atoms with Gasteiger partial charge in [0.15, 0.2) is 0 Å². The van der Waals surface area contributed by atoms with Gasteiger partial charge in [0.1, 0.15) is 0 Å². The Hall–Kier alpha value is -1.94. The van der Waals surface area contributed by atoms with Gasteiger partial charge in [-0.3, -0.25) is 14.9 Å². The Morgan fingerprint density at radius 2 is 2.41 bits per heavy atom. The summed E-state index contributed by atoms with van der Waals surface area (Å²) in [4.78, 5) is 21.9. The molecule has 0 saturated carbocycles. The molecule has 1 aromatic rings. The highest BCUT2D eigenvalue weighted by atomic mass is 32.1. The molecule has 0 bridgehead atoms. The van der Waals surface area contributed by atoms with Crippen LogP contribution in [0.1, 0.15) is 29.4 Å². The van der Waals surface area contributed by atoms with Gasteiger partial charge in [0.05, 0.1) is 22.3 Å². The van der Waals surface area contributed by atoms with Gasteiger partial charge in [-0.05, 0) is 12.5 Å². The minimum Gasteiger partial charge on any atom is -0.348 e. The lowest BCUT2D eigenvalue weighted by Crippen LogP contribution is -2.33. The maximum absolute atomic E-state index is 11.7. The number of carbonyl (C=O) groups excluding carboxylic acids is 1. The lowest BCUT2D eigenvalue weighted by atomic mass is 10.1. The maximum atomic E-state index is 11.7. The van der Waals surface area contributed by atoms with Crippen LogP contribution in [0, 0.1) is 21.4 Å². The van der Waals surface area contributed by atoms with Crippen LogP contribution in [0.3, 0.4) is 0 Å². The van der Waals surface area contributed by atoms with Crippen molar-refractivity contribution in [1.29, 1.82) is 5.26 Å². The molecule has 0 spiro atoms. The molecule has 0 radical (unpaired) electrons. The van der Waals surface area contributed by atoms with Gasteiger partial charge >= 0.3 is 5.00 Å². The zero-order valence-electron chi connectivity index (χ0n) is 9.17. The van der Waals surface area contributed by atoms with Gasteiger partial charge in [-0.15, -0.1) is 0 Å². The Balaban J connectivity index is 2.69. The lowest BCUT2D eigenvalue weighted by molar-refractivity contribution is -0.380. The third-order valence-electron chi connectivity index (χ3n) is 2.16. The molecule has 0 aliphatic carbocycles. The Labute approximate surface area is 102 Å². The molecule has 1 heterocycles. The van der Waals surface area contributed by atoms with Crippen LogP contribution in [0.15, 0.2) is 12.1 Å². The molecule has 0 fully saturated rings. The second-order valence-electron chi connectivity index (χ2n) is 3.34. The molecule has 1 unspecified atom stereocenters. The monoisotopic (exact) mass is 253 g/mol. The molecule has 1 amide bonds. The number of nitriles is 1. The molecule has 0 saturated heterocycles. The van der Waals surface area contributed by atoms with Crippen molar-refractivity contribution < 1.29 is 9.72 Å². The fourth-order valence-electron chi connectivity index (χ4n) is 1.21. The zero-order chi connectivity index (χ0) is 12.8. The largest absolute Gasteiger partial charge is 0.348 e. The van der Waals surface area contributed by atoms with Crippen molar-refractivity contribution in [3.05, 3.63) is 27.1 Å². The van der Waals surface area contributed by atoms with Crippen molar-refractivity contribution in [3.8, 4) is 6.07 Å². The van der Waals surface area contributed by atoms with Crippen molar-refractivity contribution >= 4 is 22.2 Å². The molecule has 0 aliphatic rings. The third-order valence-corrected chi connectivity index (χ3v) is 3.20. The molecule has 1 atom stereocenters. The minimum atomic E-state index is -0.534. The first kappa shape index (κ1) is 13.1. The van der Waals surface area contributed by atoms with Crippen LogP contribution >= 0.6 is 11.3 Å². The highest BCUT2D eigenvalue weighted by Gasteiger charge is 2.17. The maximum Gasteiger partial charge on any atom is 0.324 e. The summed E-state index contributed by atoms with van der Waals surface area (Å²) < 4.78 is 0. The number of nitro groups is 1. The van der Waals surface area contributed by atoms with E-state index >= 15 is 0 Å². The average molecular weight is 253 g/mol. The van der Waals surface area contributed by atoms with Crippen molar-refractivity contribution in [2.45, 2.75) is 25.8 Å². The molecular formula is C10H11N3O3S. The summed E-state index contributed by atoms with van der Waals surface area (Å²) in [5, 5.41) is 21.6. The first-order chi connectivity index (χ1) is 8.08. The Morgan fingerprint density at radius 3 is 2.88 bits per heavy atom. The predicted octanol–water partition coefficient (Wildman–Crippen LogP) is 2.08. The van der Waals surface area contributed by atoms with E-state index in [0.717, 1.165) is 11.3 Å². The van der Waals surface area contributed by atoms with Crippen LogP contribution in [0.25, 0.3) is 0 Å². The van der Waals surface area contributed by atoms with Crippen LogP contribution in [-0.4, -0.2) is 16.9 Å². The lowest BCUT2D eigenvalue weighted by Gasteiger charge is -2.12. The second-order valence-corrected chi connectivity index (χ2v) is 4.40. The fourth-order valence-corrected chi connectivity index (χ4v) is 1.94. The Bertz CT molecular complexity index is 464. The van der Waals surface area contributed by atoms with Crippen molar-refractivity contribution in [2.75, 3.05) is 0 Å². The summed E-state index contributed by atoms with van der Waals surface area (Å²) in [6, 6.07) is 4.48. The number of thiophene rings is 1. The van der Waals surface area contributed by atoms with Crippen molar-refractivity contribution in [1.82, 2.24) is 5.32 Å². The van der Waals surface area contributed by atoms with Gasteiger partial charge in [-0.2, -0.15) is 5.26 Å². The zero-order valence-corrected chi connectivity index (χ0v) is 9.99.